The number of nitrogens with one attached hydrogen (secondary N) is 2. The fourth-order valence-corrected chi connectivity index (χ4v) is 3.31. The van der Waals surface area contributed by atoms with Crippen LogP contribution >= 0.6 is 0 Å². The number of halogens is 3. The first-order valence-corrected chi connectivity index (χ1v) is 13.5. The van der Waals surface area contributed by atoms with Gasteiger partial charge in [-0.1, -0.05) is 84.5 Å². The van der Waals surface area contributed by atoms with Crippen LogP contribution in [0.25, 0.3) is 0 Å². The fraction of sp³-hybridized carbons (Fsp3) is 0.880. The summed E-state index contributed by atoms with van der Waals surface area (Å²) in [6, 6.07) is -0.996. The highest BCUT2D eigenvalue weighted by atomic mass is 19.4. The molecule has 0 heterocycles. The Balaban J connectivity index is -0.000000872. The van der Waals surface area contributed by atoms with E-state index in [0.29, 0.717) is 0 Å². The van der Waals surface area contributed by atoms with Gasteiger partial charge in [0.05, 0.1) is 6.04 Å². The summed E-state index contributed by atoms with van der Waals surface area (Å²) in [6.07, 6.45) is 14.8. The molecule has 0 aromatic rings. The molecule has 12 heteroatoms. The van der Waals surface area contributed by atoms with Gasteiger partial charge < -0.3 is 32.9 Å². The van der Waals surface area contributed by atoms with Crippen molar-refractivity contribution in [1.29, 1.82) is 0 Å². The Kier molecular flexibility index (Phi) is 30.4. The van der Waals surface area contributed by atoms with Crippen molar-refractivity contribution in [3.8, 4) is 0 Å². The number of urea groups is 1. The first kappa shape index (κ1) is 39.4. The van der Waals surface area contributed by atoms with E-state index in [2.05, 4.69) is 29.0 Å². The normalized spacial score (nSPS) is 11.5. The lowest BCUT2D eigenvalue weighted by atomic mass is 10.1. The SMILES string of the molecule is CCCCCCCCCCCCCCNCCCCNC(CC)C(N)=O.NC(N)=O.O=C(O)C(F)(F)F. The second-order valence-corrected chi connectivity index (χ2v) is 8.87. The molecule has 1 unspecified atom stereocenters. The van der Waals surface area contributed by atoms with Crippen LogP contribution in [-0.2, 0) is 9.59 Å². The van der Waals surface area contributed by atoms with Gasteiger partial charge in [-0.2, -0.15) is 13.2 Å². The molecule has 0 fully saturated rings. The van der Waals surface area contributed by atoms with Gasteiger partial charge in [0, 0.05) is 0 Å². The molecule has 0 bridgehead atoms. The number of hydrogen-bond donors (Lipinski definition) is 6. The van der Waals surface area contributed by atoms with Crippen LogP contribution in [-0.4, -0.2) is 54.9 Å². The van der Waals surface area contributed by atoms with Gasteiger partial charge >= 0.3 is 18.2 Å². The lowest BCUT2D eigenvalue weighted by Gasteiger charge is -2.12. The molecule has 0 saturated carbocycles. The lowest BCUT2D eigenvalue weighted by molar-refractivity contribution is -0.192. The van der Waals surface area contributed by atoms with Crippen LogP contribution in [0.2, 0.25) is 0 Å². The molecule has 0 saturated heterocycles. The number of carbonyl (C=O) groups excluding carboxylic acids is 2. The van der Waals surface area contributed by atoms with Crippen molar-refractivity contribution in [1.82, 2.24) is 10.6 Å². The van der Waals surface area contributed by atoms with E-state index >= 15 is 0 Å². The summed E-state index contributed by atoms with van der Waals surface area (Å²) in [4.78, 5) is 29.0. The number of alkyl halides is 3. The molecule has 1 atom stereocenters. The predicted octanol–water partition coefficient (Wildman–Crippen LogP) is 4.57. The highest BCUT2D eigenvalue weighted by Gasteiger charge is 2.38. The average Bonchev–Trinajstić information content (AvgIpc) is 2.80. The Morgan fingerprint density at radius 1 is 0.703 bits per heavy atom. The van der Waals surface area contributed by atoms with Crippen LogP contribution in [0.5, 0.6) is 0 Å². The first-order valence-electron chi connectivity index (χ1n) is 13.5. The summed E-state index contributed by atoms with van der Waals surface area (Å²) in [5.74, 6) is -3.00. The summed E-state index contributed by atoms with van der Waals surface area (Å²) in [7, 11) is 0. The molecule has 37 heavy (non-hydrogen) atoms. The van der Waals surface area contributed by atoms with E-state index in [1.54, 1.807) is 0 Å². The van der Waals surface area contributed by atoms with Gasteiger partial charge in [-0.05, 0) is 45.3 Å². The molecular weight excluding hydrogens is 491 g/mol. The van der Waals surface area contributed by atoms with E-state index in [0.717, 1.165) is 38.9 Å². The highest BCUT2D eigenvalue weighted by molar-refractivity contribution is 5.79. The minimum atomic E-state index is -5.08. The zero-order valence-electron chi connectivity index (χ0n) is 22.8. The minimum absolute atomic E-state index is 0.163. The number of carboxylic acids is 1. The Bertz CT molecular complexity index is 549. The third-order valence-corrected chi connectivity index (χ3v) is 5.37. The number of primary amides is 3. The van der Waals surface area contributed by atoms with E-state index in [-0.39, 0.29) is 11.9 Å². The molecule has 9 nitrogen and oxygen atoms in total. The van der Waals surface area contributed by atoms with Crippen LogP contribution in [0.3, 0.4) is 0 Å². The molecule has 0 spiro atoms. The van der Waals surface area contributed by atoms with Gasteiger partial charge in [0.1, 0.15) is 0 Å². The number of carbonyl (C=O) groups is 3. The Hall–Kier alpha value is -2.08. The Labute approximate surface area is 220 Å². The first-order chi connectivity index (χ1) is 17.4. The maximum atomic E-state index is 11.1. The predicted molar refractivity (Wildman–Crippen MR) is 142 cm³/mol. The van der Waals surface area contributed by atoms with Gasteiger partial charge in [-0.3, -0.25) is 4.79 Å². The van der Waals surface area contributed by atoms with Crippen molar-refractivity contribution in [3.63, 3.8) is 0 Å². The van der Waals surface area contributed by atoms with Crippen molar-refractivity contribution in [2.75, 3.05) is 19.6 Å². The quantitative estimate of drug-likeness (QED) is 0.116. The summed E-state index contributed by atoms with van der Waals surface area (Å²) in [6.45, 7) is 7.36. The molecule has 222 valence electrons. The van der Waals surface area contributed by atoms with Crippen LogP contribution in [0.15, 0.2) is 0 Å². The topological polar surface area (TPSA) is 174 Å². The molecule has 0 aromatic carbocycles. The smallest absolute Gasteiger partial charge is 0.475 e. The van der Waals surface area contributed by atoms with Crippen molar-refractivity contribution >= 4 is 17.9 Å². The van der Waals surface area contributed by atoms with Gasteiger partial charge in [0.25, 0.3) is 0 Å². The average molecular weight is 544 g/mol. The molecule has 0 aliphatic rings. The fourth-order valence-electron chi connectivity index (χ4n) is 3.31. The second kappa shape index (κ2) is 28.5. The van der Waals surface area contributed by atoms with Crippen molar-refractivity contribution in [2.45, 2.75) is 122 Å². The molecule has 0 radical (unpaired) electrons. The van der Waals surface area contributed by atoms with Gasteiger partial charge in [0.2, 0.25) is 5.91 Å². The van der Waals surface area contributed by atoms with Gasteiger partial charge in [-0.25, -0.2) is 9.59 Å². The van der Waals surface area contributed by atoms with Crippen LogP contribution in [0.1, 0.15) is 110 Å². The van der Waals surface area contributed by atoms with Crippen molar-refractivity contribution in [3.05, 3.63) is 0 Å². The number of aliphatic carboxylic acids is 1. The molecular formula is C25H52F3N5O4. The third-order valence-electron chi connectivity index (χ3n) is 5.37. The van der Waals surface area contributed by atoms with E-state index in [4.69, 9.17) is 20.4 Å². The zero-order chi connectivity index (χ0) is 29.0. The molecule has 0 aliphatic carbocycles. The standard InChI is InChI=1S/C22H47N3O.C2HF3O2.CH4N2O/c1-3-5-6-7-8-9-10-11-12-13-14-15-18-24-19-16-17-20-25-21(4-2)22(23)26;3-2(4,5)1(6)7;2-1(3)4/h21,24-25H,3-20H2,1-2H3,(H2,23,26);(H,6,7);(H4,2,3,4). The number of unbranched alkanes of at least 4 members (excludes halogenated alkanes) is 12. The Morgan fingerprint density at radius 3 is 1.35 bits per heavy atom. The van der Waals surface area contributed by atoms with Crippen molar-refractivity contribution < 1.29 is 32.7 Å². The lowest BCUT2D eigenvalue weighted by Crippen LogP contribution is -2.41. The number of rotatable bonds is 21. The maximum Gasteiger partial charge on any atom is 0.490 e. The van der Waals surface area contributed by atoms with Crippen LogP contribution in [0.4, 0.5) is 18.0 Å². The molecule has 0 aliphatic heterocycles. The van der Waals surface area contributed by atoms with Gasteiger partial charge in [0.15, 0.2) is 0 Å². The Morgan fingerprint density at radius 2 is 1.03 bits per heavy atom. The van der Waals surface area contributed by atoms with E-state index in [1.165, 1.54) is 77.0 Å². The highest BCUT2D eigenvalue weighted by Crippen LogP contribution is 2.13. The molecule has 0 rings (SSSR count). The molecule has 3 amide bonds. The number of carboxylic acid groups (broad SMARTS) is 1. The number of amides is 3. The van der Waals surface area contributed by atoms with E-state index < -0.39 is 18.2 Å². The zero-order valence-corrected chi connectivity index (χ0v) is 22.8. The molecule has 9 N–H and O–H groups in total. The maximum absolute atomic E-state index is 11.1. The summed E-state index contributed by atoms with van der Waals surface area (Å²) < 4.78 is 31.7. The number of nitrogens with two attached hydrogens (primary N) is 3. The van der Waals surface area contributed by atoms with E-state index in [1.807, 2.05) is 6.92 Å². The number of hydrogen-bond acceptors (Lipinski definition) is 5. The minimum Gasteiger partial charge on any atom is -0.475 e. The monoisotopic (exact) mass is 543 g/mol. The van der Waals surface area contributed by atoms with Crippen molar-refractivity contribution in [2.24, 2.45) is 17.2 Å². The van der Waals surface area contributed by atoms with Gasteiger partial charge in [-0.15, -0.1) is 0 Å². The largest absolute Gasteiger partial charge is 0.490 e. The van der Waals surface area contributed by atoms with Crippen LogP contribution < -0.4 is 27.8 Å². The third kappa shape index (κ3) is 38.6. The summed E-state index contributed by atoms with van der Waals surface area (Å²) in [5, 5.41) is 13.9. The second-order valence-electron chi connectivity index (χ2n) is 8.87. The van der Waals surface area contributed by atoms with E-state index in [9.17, 15) is 18.0 Å². The molecule has 0 aromatic heterocycles. The summed E-state index contributed by atoms with van der Waals surface area (Å²) in [5.41, 5.74) is 13.8. The van der Waals surface area contributed by atoms with Crippen LogP contribution in [0, 0.1) is 0 Å². The summed E-state index contributed by atoms with van der Waals surface area (Å²) >= 11 is 0.